The monoisotopic (exact) mass is 293 g/mol. The fourth-order valence-corrected chi connectivity index (χ4v) is 2.23. The maximum atomic E-state index is 10.3. The van der Waals surface area contributed by atoms with E-state index in [1.807, 2.05) is 0 Å². The zero-order chi connectivity index (χ0) is 14.4. The van der Waals surface area contributed by atoms with Crippen molar-refractivity contribution in [1.82, 2.24) is 0 Å². The molecule has 6 heteroatoms. The van der Waals surface area contributed by atoms with Crippen LogP contribution >= 0.6 is 0 Å². The molecule has 0 unspecified atom stereocenters. The lowest BCUT2D eigenvalue weighted by molar-refractivity contribution is 0.261. The molecule has 0 fully saturated rings. The Balaban J connectivity index is 3.05. The molecule has 0 radical (unpaired) electrons. The number of unbranched alkanes of at least 4 members (excludes halogenated alkanes) is 9. The summed E-state index contributed by atoms with van der Waals surface area (Å²) in [5, 5.41) is 0. The van der Waals surface area contributed by atoms with Crippen LogP contribution in [0.2, 0.25) is 0 Å². The van der Waals surface area contributed by atoms with Crippen LogP contribution in [0.1, 0.15) is 64.2 Å². The fourth-order valence-electron chi connectivity index (χ4n) is 1.90. The van der Waals surface area contributed by atoms with Crippen LogP contribution in [0.25, 0.3) is 0 Å². The predicted molar refractivity (Wildman–Crippen MR) is 78.1 cm³/mol. The van der Waals surface area contributed by atoms with E-state index in [0.717, 1.165) is 25.8 Å². The summed E-state index contributed by atoms with van der Waals surface area (Å²) in [6.45, 7) is 4.42. The lowest BCUT2D eigenvalue weighted by atomic mass is 10.1. The molecule has 19 heavy (non-hydrogen) atoms. The van der Waals surface area contributed by atoms with Gasteiger partial charge in [0.25, 0.3) is 0 Å². The molecule has 0 heterocycles. The first kappa shape index (κ1) is 18.5. The lowest BCUT2D eigenvalue weighted by Gasteiger charge is -2.02. The summed E-state index contributed by atoms with van der Waals surface area (Å²) < 4.78 is 33.1. The first-order valence-electron chi connectivity index (χ1n) is 7.10. The van der Waals surface area contributed by atoms with Crippen LogP contribution in [0.3, 0.4) is 0 Å². The van der Waals surface area contributed by atoms with Crippen LogP contribution in [0, 0.1) is 0 Å². The lowest BCUT2D eigenvalue weighted by Crippen LogP contribution is -2.04. The van der Waals surface area contributed by atoms with E-state index in [1.165, 1.54) is 38.5 Å². The molecular formula is C13H27NO4S. The maximum Gasteiger partial charge on any atom is 0.397 e. The summed E-state index contributed by atoms with van der Waals surface area (Å²) in [7, 11) is -4.25. The van der Waals surface area contributed by atoms with Crippen LogP contribution in [0.15, 0.2) is 4.99 Å². The first-order valence-corrected chi connectivity index (χ1v) is 8.47. The van der Waals surface area contributed by atoms with Gasteiger partial charge in [0.05, 0.1) is 6.61 Å². The zero-order valence-electron chi connectivity index (χ0n) is 11.7. The predicted octanol–water partition coefficient (Wildman–Crippen LogP) is 3.41. The van der Waals surface area contributed by atoms with E-state index < -0.39 is 10.4 Å². The number of hydrogen-bond acceptors (Lipinski definition) is 4. The molecule has 0 aliphatic heterocycles. The van der Waals surface area contributed by atoms with Crippen molar-refractivity contribution in [3.8, 4) is 0 Å². The molecule has 0 aliphatic rings. The van der Waals surface area contributed by atoms with Gasteiger partial charge in [0.15, 0.2) is 0 Å². The molecule has 1 N–H and O–H groups in total. The molecule has 0 aromatic rings. The maximum absolute atomic E-state index is 10.3. The van der Waals surface area contributed by atoms with Crippen LogP contribution in [0.5, 0.6) is 0 Å². The molecule has 0 saturated carbocycles. The highest BCUT2D eigenvalue weighted by Crippen LogP contribution is 2.10. The summed E-state index contributed by atoms with van der Waals surface area (Å²) in [5.41, 5.74) is 0. The highest BCUT2D eigenvalue weighted by molar-refractivity contribution is 7.80. The Kier molecular flexibility index (Phi) is 12.3. The van der Waals surface area contributed by atoms with Gasteiger partial charge in [-0.15, -0.1) is 0 Å². The van der Waals surface area contributed by atoms with Crippen LogP contribution < -0.4 is 0 Å². The molecule has 0 amide bonds. The Morgan fingerprint density at radius 2 is 1.26 bits per heavy atom. The third-order valence-electron chi connectivity index (χ3n) is 2.94. The second-order valence-electron chi connectivity index (χ2n) is 4.73. The average Bonchev–Trinajstić information content (AvgIpc) is 2.34. The minimum atomic E-state index is -4.25. The summed E-state index contributed by atoms with van der Waals surface area (Å²) in [4.78, 5) is 3.82. The summed E-state index contributed by atoms with van der Waals surface area (Å²) in [5.74, 6) is 0. The Bertz CT molecular complexity index is 304. The van der Waals surface area contributed by atoms with Gasteiger partial charge < -0.3 is 4.99 Å². The van der Waals surface area contributed by atoms with Gasteiger partial charge >= 0.3 is 10.4 Å². The van der Waals surface area contributed by atoms with E-state index >= 15 is 0 Å². The number of nitrogens with zero attached hydrogens (tertiary/aromatic N) is 1. The smallest absolute Gasteiger partial charge is 0.301 e. The molecule has 0 aromatic heterocycles. The SMILES string of the molecule is C=NCCCCCCCCCCCCOS(=O)(=O)O. The Hall–Kier alpha value is -0.460. The van der Waals surface area contributed by atoms with Crippen molar-refractivity contribution in [2.45, 2.75) is 64.2 Å². The van der Waals surface area contributed by atoms with Crippen molar-refractivity contribution in [3.05, 3.63) is 0 Å². The minimum Gasteiger partial charge on any atom is -0.301 e. The molecule has 0 aliphatic carbocycles. The highest BCUT2D eigenvalue weighted by atomic mass is 32.3. The molecule has 0 aromatic carbocycles. The van der Waals surface area contributed by atoms with Crippen molar-refractivity contribution in [1.29, 1.82) is 0 Å². The van der Waals surface area contributed by atoms with Crippen LogP contribution in [0.4, 0.5) is 0 Å². The molecule has 114 valence electrons. The molecule has 0 spiro atoms. The topological polar surface area (TPSA) is 76.0 Å². The van der Waals surface area contributed by atoms with E-state index in [1.54, 1.807) is 0 Å². The normalized spacial score (nSPS) is 11.6. The third kappa shape index (κ3) is 17.5. The van der Waals surface area contributed by atoms with Gasteiger partial charge in [-0.1, -0.05) is 51.4 Å². The van der Waals surface area contributed by atoms with Gasteiger partial charge in [-0.25, -0.2) is 4.18 Å². The molecule has 0 saturated heterocycles. The standard InChI is InChI=1S/C13H27NO4S/c1-14-12-10-8-6-4-2-3-5-7-9-11-13-18-19(15,16)17/h1-13H2,(H,15,16,17). The van der Waals surface area contributed by atoms with Gasteiger partial charge in [0.2, 0.25) is 0 Å². The van der Waals surface area contributed by atoms with Crippen LogP contribution in [-0.4, -0.2) is 32.8 Å². The molecular weight excluding hydrogens is 266 g/mol. The van der Waals surface area contributed by atoms with Crippen molar-refractivity contribution in [2.75, 3.05) is 13.2 Å². The van der Waals surface area contributed by atoms with E-state index in [0.29, 0.717) is 6.42 Å². The third-order valence-corrected chi connectivity index (χ3v) is 3.41. The second-order valence-corrected chi connectivity index (χ2v) is 5.82. The fraction of sp³-hybridized carbons (Fsp3) is 0.923. The van der Waals surface area contributed by atoms with Gasteiger partial charge in [0, 0.05) is 6.54 Å². The Morgan fingerprint density at radius 3 is 1.68 bits per heavy atom. The Morgan fingerprint density at radius 1 is 0.842 bits per heavy atom. The first-order chi connectivity index (χ1) is 9.06. The van der Waals surface area contributed by atoms with Crippen molar-refractivity contribution >= 4 is 17.1 Å². The highest BCUT2D eigenvalue weighted by Gasteiger charge is 2.02. The van der Waals surface area contributed by atoms with E-state index in [2.05, 4.69) is 15.9 Å². The number of hydrogen-bond donors (Lipinski definition) is 1. The molecule has 0 rings (SSSR count). The quantitative estimate of drug-likeness (QED) is 0.302. The largest absolute Gasteiger partial charge is 0.397 e. The summed E-state index contributed by atoms with van der Waals surface area (Å²) in [6, 6.07) is 0. The summed E-state index contributed by atoms with van der Waals surface area (Å²) in [6.07, 6.45) is 11.3. The van der Waals surface area contributed by atoms with Gasteiger partial charge in [-0.3, -0.25) is 4.55 Å². The van der Waals surface area contributed by atoms with Gasteiger partial charge in [0.1, 0.15) is 0 Å². The number of rotatable bonds is 14. The Labute approximate surface area is 117 Å². The summed E-state index contributed by atoms with van der Waals surface area (Å²) >= 11 is 0. The molecule has 0 atom stereocenters. The second kappa shape index (κ2) is 12.6. The van der Waals surface area contributed by atoms with Crippen molar-refractivity contribution < 1.29 is 17.2 Å². The van der Waals surface area contributed by atoms with Crippen molar-refractivity contribution in [3.63, 3.8) is 0 Å². The molecule has 5 nitrogen and oxygen atoms in total. The molecule has 0 bridgehead atoms. The van der Waals surface area contributed by atoms with E-state index in [-0.39, 0.29) is 6.61 Å². The number of aliphatic imine (C=N–C) groups is 1. The minimum absolute atomic E-state index is 0.0795. The van der Waals surface area contributed by atoms with E-state index in [9.17, 15) is 8.42 Å². The van der Waals surface area contributed by atoms with Gasteiger partial charge in [-0.2, -0.15) is 8.42 Å². The van der Waals surface area contributed by atoms with Crippen LogP contribution in [-0.2, 0) is 14.6 Å². The zero-order valence-corrected chi connectivity index (χ0v) is 12.5. The van der Waals surface area contributed by atoms with Gasteiger partial charge in [-0.05, 0) is 19.6 Å². The van der Waals surface area contributed by atoms with Crippen molar-refractivity contribution in [2.24, 2.45) is 4.99 Å². The average molecular weight is 293 g/mol. The van der Waals surface area contributed by atoms with E-state index in [4.69, 9.17) is 4.55 Å².